The fourth-order valence-corrected chi connectivity index (χ4v) is 3.81. The van der Waals surface area contributed by atoms with Crippen LogP contribution < -0.4 is 0 Å². The number of rotatable bonds is 11. The molecule has 0 unspecified atom stereocenters. The zero-order valence-electron chi connectivity index (χ0n) is 13.9. The zero-order chi connectivity index (χ0) is 15.8. The molecule has 1 aliphatic rings. The first-order valence-electron chi connectivity index (χ1n) is 9.04. The minimum Gasteiger partial charge on any atom is -0.170 e. The highest BCUT2D eigenvalue weighted by atomic mass is 19.4. The highest BCUT2D eigenvalue weighted by molar-refractivity contribution is 4.98. The Hall–Kier alpha value is -0.210. The molecule has 3 heteroatoms. The monoisotopic (exact) mass is 306 g/mol. The molecule has 1 rings (SSSR count). The van der Waals surface area contributed by atoms with Crippen LogP contribution in [0, 0.1) is 11.3 Å². The van der Waals surface area contributed by atoms with Gasteiger partial charge in [-0.3, -0.25) is 0 Å². The number of alkyl halides is 3. The van der Waals surface area contributed by atoms with Gasteiger partial charge in [0, 0.05) is 0 Å². The van der Waals surface area contributed by atoms with E-state index in [9.17, 15) is 13.2 Å². The van der Waals surface area contributed by atoms with Crippen molar-refractivity contribution in [3.63, 3.8) is 0 Å². The minimum atomic E-state index is -3.99. The van der Waals surface area contributed by atoms with Gasteiger partial charge in [0.1, 0.15) is 0 Å². The van der Waals surface area contributed by atoms with Crippen molar-refractivity contribution < 1.29 is 13.2 Å². The third-order valence-electron chi connectivity index (χ3n) is 5.40. The lowest BCUT2D eigenvalue weighted by atomic mass is 9.58. The van der Waals surface area contributed by atoms with Crippen LogP contribution in [-0.2, 0) is 0 Å². The molecule has 1 saturated carbocycles. The van der Waals surface area contributed by atoms with Gasteiger partial charge in [-0.05, 0) is 31.6 Å². The Bertz CT molecular complexity index is 254. The molecule has 0 nitrogen and oxygen atoms in total. The van der Waals surface area contributed by atoms with Crippen LogP contribution in [0.25, 0.3) is 0 Å². The fraction of sp³-hybridized carbons (Fsp3) is 1.00. The molecule has 0 atom stereocenters. The molecule has 1 aliphatic carbocycles. The highest BCUT2D eigenvalue weighted by Crippen LogP contribution is 2.60. The van der Waals surface area contributed by atoms with Gasteiger partial charge < -0.3 is 0 Å². The van der Waals surface area contributed by atoms with Crippen LogP contribution in [0.15, 0.2) is 0 Å². The lowest BCUT2D eigenvalue weighted by Crippen LogP contribution is -2.49. The maximum atomic E-state index is 13.6. The Kier molecular flexibility index (Phi) is 8.12. The number of hydrogen-bond acceptors (Lipinski definition) is 0. The molecule has 0 bridgehead atoms. The topological polar surface area (TPSA) is 0 Å². The third kappa shape index (κ3) is 5.17. The van der Waals surface area contributed by atoms with Crippen molar-refractivity contribution in [2.45, 2.75) is 103 Å². The second-order valence-corrected chi connectivity index (χ2v) is 6.90. The second-order valence-electron chi connectivity index (χ2n) is 6.90. The molecule has 0 N–H and O–H groups in total. The van der Waals surface area contributed by atoms with E-state index in [2.05, 4.69) is 13.8 Å². The van der Waals surface area contributed by atoms with Crippen LogP contribution in [0.2, 0.25) is 0 Å². The Labute approximate surface area is 128 Å². The lowest BCUT2D eigenvalue weighted by molar-refractivity contribution is -0.273. The van der Waals surface area contributed by atoms with Crippen molar-refractivity contribution in [1.82, 2.24) is 0 Å². The van der Waals surface area contributed by atoms with E-state index in [-0.39, 0.29) is 5.92 Å². The van der Waals surface area contributed by atoms with Crippen LogP contribution >= 0.6 is 0 Å². The van der Waals surface area contributed by atoms with Gasteiger partial charge >= 0.3 is 6.18 Å². The molecule has 1 fully saturated rings. The van der Waals surface area contributed by atoms with E-state index in [0.29, 0.717) is 12.8 Å². The first kappa shape index (κ1) is 18.8. The summed E-state index contributed by atoms with van der Waals surface area (Å²) in [6.45, 7) is 4.29. The second kappa shape index (κ2) is 9.05. The van der Waals surface area contributed by atoms with Crippen molar-refractivity contribution in [2.24, 2.45) is 11.3 Å². The molecule has 0 aliphatic heterocycles. The van der Waals surface area contributed by atoms with Crippen molar-refractivity contribution in [3.05, 3.63) is 0 Å². The molecule has 0 aromatic rings. The summed E-state index contributed by atoms with van der Waals surface area (Å²) in [7, 11) is 0. The van der Waals surface area contributed by atoms with Gasteiger partial charge in [0.15, 0.2) is 0 Å². The van der Waals surface area contributed by atoms with Crippen LogP contribution in [0.1, 0.15) is 97.3 Å². The van der Waals surface area contributed by atoms with Gasteiger partial charge in [-0.25, -0.2) is 0 Å². The summed E-state index contributed by atoms with van der Waals surface area (Å²) in [6.07, 6.45) is 7.83. The van der Waals surface area contributed by atoms with Crippen LogP contribution in [-0.4, -0.2) is 6.18 Å². The van der Waals surface area contributed by atoms with Gasteiger partial charge in [0.2, 0.25) is 0 Å². The summed E-state index contributed by atoms with van der Waals surface area (Å²) in [4.78, 5) is 0. The van der Waals surface area contributed by atoms with E-state index in [1.165, 1.54) is 0 Å². The Balaban J connectivity index is 2.57. The normalized spacial score (nSPS) is 18.0. The molecule has 126 valence electrons. The molecule has 21 heavy (non-hydrogen) atoms. The molecule has 0 heterocycles. The number of halogens is 3. The fourth-order valence-electron chi connectivity index (χ4n) is 3.81. The van der Waals surface area contributed by atoms with Gasteiger partial charge in [0.25, 0.3) is 0 Å². The van der Waals surface area contributed by atoms with Crippen molar-refractivity contribution in [1.29, 1.82) is 0 Å². The number of hydrogen-bond donors (Lipinski definition) is 0. The van der Waals surface area contributed by atoms with E-state index in [1.807, 2.05) is 0 Å². The third-order valence-corrected chi connectivity index (χ3v) is 5.40. The smallest absolute Gasteiger partial charge is 0.170 e. The van der Waals surface area contributed by atoms with Crippen molar-refractivity contribution in [3.8, 4) is 0 Å². The summed E-state index contributed by atoms with van der Waals surface area (Å²) >= 11 is 0. The minimum absolute atomic E-state index is 0.125. The van der Waals surface area contributed by atoms with E-state index < -0.39 is 11.6 Å². The maximum Gasteiger partial charge on any atom is 0.394 e. The molecule has 0 aromatic carbocycles. The summed E-state index contributed by atoms with van der Waals surface area (Å²) in [6, 6.07) is 0. The average Bonchev–Trinajstić information content (AvgIpc) is 2.35. The zero-order valence-corrected chi connectivity index (χ0v) is 13.9. The summed E-state index contributed by atoms with van der Waals surface area (Å²) in [5, 5.41) is 0. The van der Waals surface area contributed by atoms with E-state index in [0.717, 1.165) is 70.6 Å². The number of unbranched alkanes of at least 4 members (excludes halogenated alkanes) is 6. The van der Waals surface area contributed by atoms with Gasteiger partial charge in [-0.2, -0.15) is 13.2 Å². The van der Waals surface area contributed by atoms with Gasteiger partial charge in [0.05, 0.1) is 5.41 Å². The summed E-state index contributed by atoms with van der Waals surface area (Å²) in [5.74, 6) is -0.125. The lowest BCUT2D eigenvalue weighted by Gasteiger charge is -2.49. The van der Waals surface area contributed by atoms with Crippen molar-refractivity contribution >= 4 is 0 Å². The Morgan fingerprint density at radius 3 is 1.57 bits per heavy atom. The molecule has 0 radical (unpaired) electrons. The van der Waals surface area contributed by atoms with Gasteiger partial charge in [-0.1, -0.05) is 71.6 Å². The maximum absolute atomic E-state index is 13.6. The Morgan fingerprint density at radius 1 is 0.810 bits per heavy atom. The predicted octanol–water partition coefficient (Wildman–Crippen LogP) is 7.28. The van der Waals surface area contributed by atoms with E-state index in [1.54, 1.807) is 0 Å². The van der Waals surface area contributed by atoms with Crippen LogP contribution in [0.4, 0.5) is 13.2 Å². The summed E-state index contributed by atoms with van der Waals surface area (Å²) in [5.41, 5.74) is -1.33. The Morgan fingerprint density at radius 2 is 1.29 bits per heavy atom. The first-order valence-corrected chi connectivity index (χ1v) is 9.04. The molecular weight excluding hydrogens is 273 g/mol. The van der Waals surface area contributed by atoms with Crippen LogP contribution in [0.3, 0.4) is 0 Å². The van der Waals surface area contributed by atoms with Gasteiger partial charge in [-0.15, -0.1) is 0 Å². The molecule has 0 spiro atoms. The highest BCUT2D eigenvalue weighted by Gasteiger charge is 2.61. The summed E-state index contributed by atoms with van der Waals surface area (Å²) < 4.78 is 40.7. The molecule has 0 aromatic heterocycles. The van der Waals surface area contributed by atoms with Crippen molar-refractivity contribution in [2.75, 3.05) is 0 Å². The van der Waals surface area contributed by atoms with E-state index >= 15 is 0 Å². The molecule has 0 saturated heterocycles. The first-order chi connectivity index (χ1) is 9.98. The van der Waals surface area contributed by atoms with E-state index in [4.69, 9.17) is 0 Å². The van der Waals surface area contributed by atoms with Crippen LogP contribution in [0.5, 0.6) is 0 Å². The molecule has 0 amide bonds. The molecular formula is C18H33F3. The largest absolute Gasteiger partial charge is 0.394 e. The standard InChI is InChI=1S/C18H33F3/c1-3-5-7-9-12-16(13-10-8-6-4-2)17(14-11-15-17)18(19,20)21/h16H,3-15H2,1-2H3. The quantitative estimate of drug-likeness (QED) is 0.352. The SMILES string of the molecule is CCCCCCC(CCCCCC)C1(C(F)(F)F)CCC1. The predicted molar refractivity (Wildman–Crippen MR) is 83.3 cm³/mol. The average molecular weight is 306 g/mol.